The van der Waals surface area contributed by atoms with E-state index < -0.39 is 18.0 Å². The van der Waals surface area contributed by atoms with Gasteiger partial charge in [0.1, 0.15) is 0 Å². The quantitative estimate of drug-likeness (QED) is 0.698. The van der Waals surface area contributed by atoms with Crippen molar-refractivity contribution in [2.24, 2.45) is 0 Å². The molecule has 2 amide bonds. The Morgan fingerprint density at radius 3 is 2.39 bits per heavy atom. The summed E-state index contributed by atoms with van der Waals surface area (Å²) in [6, 6.07) is 14.0. The molecular weight excluding hydrogens is 356 g/mol. The van der Waals surface area contributed by atoms with Crippen molar-refractivity contribution in [3.05, 3.63) is 59.7 Å². The summed E-state index contributed by atoms with van der Waals surface area (Å²) in [5.41, 5.74) is 2.50. The molecule has 0 spiro atoms. The second-order valence-corrected chi connectivity index (χ2v) is 6.70. The lowest BCUT2D eigenvalue weighted by molar-refractivity contribution is -0.123. The van der Waals surface area contributed by atoms with Gasteiger partial charge in [-0.15, -0.1) is 0 Å². The van der Waals surface area contributed by atoms with Gasteiger partial charge in [-0.2, -0.15) is 0 Å². The van der Waals surface area contributed by atoms with Crippen molar-refractivity contribution < 1.29 is 19.1 Å². The predicted molar refractivity (Wildman–Crippen MR) is 109 cm³/mol. The topological polar surface area (TPSA) is 84.5 Å². The number of amides is 2. The van der Waals surface area contributed by atoms with Gasteiger partial charge >= 0.3 is 5.97 Å². The predicted octanol–water partition coefficient (Wildman–Crippen LogP) is 4.34. The van der Waals surface area contributed by atoms with E-state index in [2.05, 4.69) is 24.5 Å². The summed E-state index contributed by atoms with van der Waals surface area (Å²) < 4.78 is 5.29. The SMILES string of the molecule is CC[C@@H](C)c1ccccc1NC(=O)[C@@H](C)OC(=O)c1cccc(NC(C)=O)c1. The number of ether oxygens (including phenoxy) is 1. The summed E-state index contributed by atoms with van der Waals surface area (Å²) >= 11 is 0. The molecule has 0 aromatic heterocycles. The zero-order valence-corrected chi connectivity index (χ0v) is 16.6. The summed E-state index contributed by atoms with van der Waals surface area (Å²) in [7, 11) is 0. The molecule has 0 saturated heterocycles. The van der Waals surface area contributed by atoms with Crippen LogP contribution in [0.1, 0.15) is 56.0 Å². The maximum Gasteiger partial charge on any atom is 0.338 e. The highest BCUT2D eigenvalue weighted by Gasteiger charge is 2.21. The van der Waals surface area contributed by atoms with E-state index in [1.165, 1.54) is 19.9 Å². The molecule has 28 heavy (non-hydrogen) atoms. The second-order valence-electron chi connectivity index (χ2n) is 6.70. The molecular formula is C22H26N2O4. The van der Waals surface area contributed by atoms with Crippen LogP contribution in [0.4, 0.5) is 11.4 Å². The van der Waals surface area contributed by atoms with E-state index in [9.17, 15) is 14.4 Å². The van der Waals surface area contributed by atoms with Crippen molar-refractivity contribution >= 4 is 29.2 Å². The van der Waals surface area contributed by atoms with E-state index in [4.69, 9.17) is 4.74 Å². The smallest absolute Gasteiger partial charge is 0.338 e. The first-order valence-corrected chi connectivity index (χ1v) is 9.30. The van der Waals surface area contributed by atoms with Crippen LogP contribution in [0.2, 0.25) is 0 Å². The molecule has 0 bridgehead atoms. The Balaban J connectivity index is 2.05. The van der Waals surface area contributed by atoms with Gasteiger partial charge in [-0.1, -0.05) is 38.1 Å². The molecule has 148 valence electrons. The fourth-order valence-electron chi connectivity index (χ4n) is 2.70. The molecule has 0 fully saturated rings. The summed E-state index contributed by atoms with van der Waals surface area (Å²) in [4.78, 5) is 36.0. The van der Waals surface area contributed by atoms with Gasteiger partial charge in [-0.3, -0.25) is 9.59 Å². The van der Waals surface area contributed by atoms with Gasteiger partial charge in [0.2, 0.25) is 5.91 Å². The number of benzene rings is 2. The molecule has 6 nitrogen and oxygen atoms in total. The van der Waals surface area contributed by atoms with E-state index in [1.54, 1.807) is 18.2 Å². The van der Waals surface area contributed by atoms with Crippen LogP contribution in [0.3, 0.4) is 0 Å². The molecule has 2 rings (SSSR count). The number of anilines is 2. The molecule has 0 aliphatic heterocycles. The van der Waals surface area contributed by atoms with Crippen molar-refractivity contribution in [1.82, 2.24) is 0 Å². The molecule has 0 radical (unpaired) electrons. The fourth-order valence-corrected chi connectivity index (χ4v) is 2.70. The highest BCUT2D eigenvalue weighted by molar-refractivity contribution is 5.98. The first-order valence-electron chi connectivity index (χ1n) is 9.30. The number of hydrogen-bond acceptors (Lipinski definition) is 4. The lowest BCUT2D eigenvalue weighted by atomic mass is 9.97. The molecule has 0 saturated carbocycles. The average molecular weight is 382 g/mol. The number of carbonyl (C=O) groups is 3. The van der Waals surface area contributed by atoms with Gasteiger partial charge < -0.3 is 15.4 Å². The number of carbonyl (C=O) groups excluding carboxylic acids is 3. The summed E-state index contributed by atoms with van der Waals surface area (Å²) in [5.74, 6) is -0.976. The minimum Gasteiger partial charge on any atom is -0.449 e. The summed E-state index contributed by atoms with van der Waals surface area (Å²) in [6.45, 7) is 7.09. The molecule has 0 aliphatic rings. The number of nitrogens with one attached hydrogen (secondary N) is 2. The van der Waals surface area contributed by atoms with Crippen LogP contribution in [-0.2, 0) is 14.3 Å². The zero-order chi connectivity index (χ0) is 20.7. The van der Waals surface area contributed by atoms with Crippen LogP contribution in [0.25, 0.3) is 0 Å². The van der Waals surface area contributed by atoms with E-state index in [1.807, 2.05) is 24.3 Å². The standard InChI is InChI=1S/C22H26N2O4/c1-5-14(2)19-11-6-7-12-20(19)24-21(26)15(3)28-22(27)17-9-8-10-18(13-17)23-16(4)25/h6-15H,5H2,1-4H3,(H,23,25)(H,24,26)/t14-,15-/m1/s1. The van der Waals surface area contributed by atoms with Gasteiger partial charge in [-0.05, 0) is 49.1 Å². The molecule has 0 aliphatic carbocycles. The highest BCUT2D eigenvalue weighted by atomic mass is 16.5. The Morgan fingerprint density at radius 1 is 1.00 bits per heavy atom. The van der Waals surface area contributed by atoms with E-state index in [0.29, 0.717) is 11.6 Å². The minimum absolute atomic E-state index is 0.238. The first kappa shape index (κ1) is 21.2. The Bertz CT molecular complexity index is 863. The molecule has 2 aromatic rings. The van der Waals surface area contributed by atoms with Gasteiger partial charge in [-0.25, -0.2) is 4.79 Å². The minimum atomic E-state index is -0.970. The molecule has 2 aromatic carbocycles. The Kier molecular flexibility index (Phi) is 7.32. The van der Waals surface area contributed by atoms with E-state index >= 15 is 0 Å². The van der Waals surface area contributed by atoms with Crippen LogP contribution in [0.15, 0.2) is 48.5 Å². The maximum absolute atomic E-state index is 12.5. The third-order valence-electron chi connectivity index (χ3n) is 4.43. The largest absolute Gasteiger partial charge is 0.449 e. The third-order valence-corrected chi connectivity index (χ3v) is 4.43. The summed E-state index contributed by atoms with van der Waals surface area (Å²) in [5, 5.41) is 5.45. The van der Waals surface area contributed by atoms with Crippen molar-refractivity contribution in [2.75, 3.05) is 10.6 Å². The first-order chi connectivity index (χ1) is 13.3. The van der Waals surface area contributed by atoms with Gasteiger partial charge in [0.05, 0.1) is 5.56 Å². The number of esters is 1. The Hall–Kier alpha value is -3.15. The normalized spacial score (nSPS) is 12.6. The monoisotopic (exact) mass is 382 g/mol. The van der Waals surface area contributed by atoms with Crippen molar-refractivity contribution in [1.29, 1.82) is 0 Å². The Labute approximate surface area is 165 Å². The molecule has 0 heterocycles. The fraction of sp³-hybridized carbons (Fsp3) is 0.318. The summed E-state index contributed by atoms with van der Waals surface area (Å²) in [6.07, 6.45) is -0.0240. The van der Waals surface area contributed by atoms with Crippen LogP contribution < -0.4 is 10.6 Å². The molecule has 0 unspecified atom stereocenters. The molecule has 6 heteroatoms. The van der Waals surface area contributed by atoms with Gasteiger partial charge in [0.25, 0.3) is 5.91 Å². The van der Waals surface area contributed by atoms with Crippen molar-refractivity contribution in [3.8, 4) is 0 Å². The average Bonchev–Trinajstić information content (AvgIpc) is 2.67. The van der Waals surface area contributed by atoms with Crippen LogP contribution in [0, 0.1) is 0 Å². The number of hydrogen-bond donors (Lipinski definition) is 2. The van der Waals surface area contributed by atoms with Crippen LogP contribution in [0.5, 0.6) is 0 Å². The van der Waals surface area contributed by atoms with Gasteiger partial charge in [0, 0.05) is 18.3 Å². The molecule has 2 N–H and O–H groups in total. The maximum atomic E-state index is 12.5. The highest BCUT2D eigenvalue weighted by Crippen LogP contribution is 2.26. The van der Waals surface area contributed by atoms with E-state index in [-0.39, 0.29) is 11.5 Å². The third kappa shape index (κ3) is 5.67. The number of para-hydroxylation sites is 1. The number of rotatable bonds is 7. The lowest BCUT2D eigenvalue weighted by Crippen LogP contribution is -2.30. The van der Waals surface area contributed by atoms with Gasteiger partial charge in [0.15, 0.2) is 6.10 Å². The molecule has 2 atom stereocenters. The Morgan fingerprint density at radius 2 is 1.71 bits per heavy atom. The lowest BCUT2D eigenvalue weighted by Gasteiger charge is -2.18. The van der Waals surface area contributed by atoms with E-state index in [0.717, 1.165) is 17.7 Å². The van der Waals surface area contributed by atoms with Crippen LogP contribution >= 0.6 is 0 Å². The van der Waals surface area contributed by atoms with Crippen molar-refractivity contribution in [2.45, 2.75) is 46.1 Å². The van der Waals surface area contributed by atoms with Crippen molar-refractivity contribution in [3.63, 3.8) is 0 Å². The van der Waals surface area contributed by atoms with Crippen LogP contribution in [-0.4, -0.2) is 23.9 Å². The second kappa shape index (κ2) is 9.69. The zero-order valence-electron chi connectivity index (χ0n) is 16.6.